The number of aromatic nitrogens is 6. The van der Waals surface area contributed by atoms with Crippen LogP contribution in [0.4, 0.5) is 16.0 Å². The Bertz CT molecular complexity index is 1200. The van der Waals surface area contributed by atoms with Crippen molar-refractivity contribution in [3.05, 3.63) is 81.9 Å². The third-order valence-electron chi connectivity index (χ3n) is 4.48. The lowest BCUT2D eigenvalue weighted by atomic mass is 9.92. The zero-order valence-electron chi connectivity index (χ0n) is 13.8. The highest BCUT2D eigenvalue weighted by Gasteiger charge is 2.34. The Morgan fingerprint density at radius 1 is 1.07 bits per heavy atom. The van der Waals surface area contributed by atoms with Crippen LogP contribution >= 0.6 is 0 Å². The lowest BCUT2D eigenvalue weighted by Gasteiger charge is -2.27. The molecule has 0 spiro atoms. The third kappa shape index (κ3) is 2.40. The number of fused-ring (bicyclic) bond motifs is 2. The molecule has 0 amide bonds. The van der Waals surface area contributed by atoms with Gasteiger partial charge in [0, 0.05) is 11.1 Å². The number of H-pyrrole nitrogens is 1. The molecule has 3 heterocycles. The minimum atomic E-state index is -0.605. The van der Waals surface area contributed by atoms with Gasteiger partial charge in [-0.05, 0) is 28.1 Å². The summed E-state index contributed by atoms with van der Waals surface area (Å²) in [6.07, 6.45) is 0. The van der Waals surface area contributed by atoms with Crippen LogP contribution in [0.5, 0.6) is 0 Å². The van der Waals surface area contributed by atoms with E-state index in [0.29, 0.717) is 28.5 Å². The van der Waals surface area contributed by atoms with Gasteiger partial charge in [0.15, 0.2) is 0 Å². The van der Waals surface area contributed by atoms with Crippen molar-refractivity contribution < 1.29 is 4.39 Å². The van der Waals surface area contributed by atoms with Crippen molar-refractivity contribution in [1.82, 2.24) is 30.4 Å². The van der Waals surface area contributed by atoms with Crippen LogP contribution in [0.3, 0.4) is 0 Å². The average molecular weight is 361 g/mol. The second kappa shape index (κ2) is 5.84. The Balaban J connectivity index is 1.84. The standard InChI is InChI=1S/C18H12FN7O/c19-12-8-4-7-11(9-12)16-13-14(10-5-2-1-3-6-10)21-22-17(27)15(13)20-18-23-24-25-26(16)18/h1-9,16H,(H,22,27)(H,20,23,25). The molecule has 0 aliphatic carbocycles. The van der Waals surface area contributed by atoms with Gasteiger partial charge in [0.1, 0.15) is 17.5 Å². The van der Waals surface area contributed by atoms with Crippen LogP contribution in [0.2, 0.25) is 0 Å². The van der Waals surface area contributed by atoms with Gasteiger partial charge in [-0.1, -0.05) is 47.6 Å². The minimum Gasteiger partial charge on any atom is -0.318 e. The smallest absolute Gasteiger partial charge is 0.288 e. The van der Waals surface area contributed by atoms with E-state index >= 15 is 0 Å². The summed E-state index contributed by atoms with van der Waals surface area (Å²) in [5, 5.41) is 21.4. The van der Waals surface area contributed by atoms with Gasteiger partial charge in [0.05, 0.1) is 5.69 Å². The molecule has 132 valence electrons. The first-order valence-corrected chi connectivity index (χ1v) is 8.21. The molecule has 2 aromatic heterocycles. The number of anilines is 2. The summed E-state index contributed by atoms with van der Waals surface area (Å²) in [7, 11) is 0. The maximum absolute atomic E-state index is 13.9. The van der Waals surface area contributed by atoms with Gasteiger partial charge >= 0.3 is 0 Å². The number of nitrogens with zero attached hydrogens (tertiary/aromatic N) is 5. The molecule has 27 heavy (non-hydrogen) atoms. The summed E-state index contributed by atoms with van der Waals surface area (Å²) in [6.45, 7) is 0. The molecule has 0 fully saturated rings. The number of benzene rings is 2. The lowest BCUT2D eigenvalue weighted by molar-refractivity contribution is 0.560. The van der Waals surface area contributed by atoms with E-state index in [-0.39, 0.29) is 5.82 Å². The van der Waals surface area contributed by atoms with Crippen molar-refractivity contribution >= 4 is 11.6 Å². The van der Waals surface area contributed by atoms with Gasteiger partial charge in [0.25, 0.3) is 5.56 Å². The average Bonchev–Trinajstić information content (AvgIpc) is 3.16. The number of nitrogens with one attached hydrogen (secondary N) is 2. The van der Waals surface area contributed by atoms with Crippen LogP contribution in [-0.4, -0.2) is 30.4 Å². The number of hydrogen-bond acceptors (Lipinski definition) is 6. The van der Waals surface area contributed by atoms with E-state index in [1.807, 2.05) is 30.3 Å². The zero-order chi connectivity index (χ0) is 18.4. The van der Waals surface area contributed by atoms with E-state index in [1.54, 1.807) is 12.1 Å². The van der Waals surface area contributed by atoms with E-state index < -0.39 is 11.6 Å². The molecule has 4 aromatic rings. The molecule has 1 aliphatic heterocycles. The second-order valence-electron chi connectivity index (χ2n) is 6.09. The first kappa shape index (κ1) is 15.4. The molecule has 0 bridgehead atoms. The van der Waals surface area contributed by atoms with Gasteiger partial charge < -0.3 is 5.32 Å². The first-order valence-electron chi connectivity index (χ1n) is 8.21. The Morgan fingerprint density at radius 3 is 2.74 bits per heavy atom. The van der Waals surface area contributed by atoms with E-state index in [2.05, 4.69) is 31.0 Å². The number of rotatable bonds is 2. The highest BCUT2D eigenvalue weighted by molar-refractivity contribution is 5.75. The zero-order valence-corrected chi connectivity index (χ0v) is 13.8. The van der Waals surface area contributed by atoms with E-state index in [0.717, 1.165) is 5.56 Å². The molecule has 2 N–H and O–H groups in total. The SMILES string of the molecule is O=c1[nH]nc(-c2ccccc2)c2c1Nc1nnnn1C2c1cccc(F)c1. The summed E-state index contributed by atoms with van der Waals surface area (Å²) in [5.41, 5.74) is 2.45. The van der Waals surface area contributed by atoms with Crippen LogP contribution in [0.25, 0.3) is 11.3 Å². The molecular weight excluding hydrogens is 349 g/mol. The molecule has 8 nitrogen and oxygen atoms in total. The largest absolute Gasteiger partial charge is 0.318 e. The highest BCUT2D eigenvalue weighted by Crippen LogP contribution is 2.40. The Morgan fingerprint density at radius 2 is 1.93 bits per heavy atom. The maximum atomic E-state index is 13.9. The van der Waals surface area contributed by atoms with Crippen molar-refractivity contribution in [3.8, 4) is 11.3 Å². The summed E-state index contributed by atoms with van der Waals surface area (Å²) >= 11 is 0. The fourth-order valence-corrected chi connectivity index (χ4v) is 3.34. The molecule has 1 unspecified atom stereocenters. The van der Waals surface area contributed by atoms with Gasteiger partial charge in [-0.3, -0.25) is 4.79 Å². The molecule has 2 aromatic carbocycles. The summed E-state index contributed by atoms with van der Waals surface area (Å²) in [5.74, 6) is -0.0891. The summed E-state index contributed by atoms with van der Waals surface area (Å²) in [6, 6.07) is 15.0. The second-order valence-corrected chi connectivity index (χ2v) is 6.09. The molecule has 1 aliphatic rings. The van der Waals surface area contributed by atoms with E-state index in [4.69, 9.17) is 0 Å². The fraction of sp³-hybridized carbons (Fsp3) is 0.0556. The van der Waals surface area contributed by atoms with Crippen molar-refractivity contribution in [2.75, 3.05) is 5.32 Å². The first-order chi connectivity index (χ1) is 13.2. The van der Waals surface area contributed by atoms with Crippen LogP contribution in [0.1, 0.15) is 17.2 Å². The van der Waals surface area contributed by atoms with Crippen LogP contribution in [0, 0.1) is 5.82 Å². The van der Waals surface area contributed by atoms with Gasteiger partial charge in [-0.2, -0.15) is 9.78 Å². The molecule has 9 heteroatoms. The van der Waals surface area contributed by atoms with Crippen LogP contribution in [0.15, 0.2) is 59.4 Å². The van der Waals surface area contributed by atoms with Gasteiger partial charge in [-0.15, -0.1) is 0 Å². The van der Waals surface area contributed by atoms with Crippen LogP contribution in [-0.2, 0) is 0 Å². The normalized spacial score (nSPS) is 14.9. The van der Waals surface area contributed by atoms with Crippen molar-refractivity contribution in [1.29, 1.82) is 0 Å². The Hall–Kier alpha value is -3.88. The number of halogens is 1. The highest BCUT2D eigenvalue weighted by atomic mass is 19.1. The molecule has 5 rings (SSSR count). The molecule has 0 saturated heterocycles. The Labute approximate surface area is 151 Å². The quantitative estimate of drug-likeness (QED) is 0.500. The molecule has 1 atom stereocenters. The van der Waals surface area contributed by atoms with Crippen molar-refractivity contribution in [3.63, 3.8) is 0 Å². The van der Waals surface area contributed by atoms with Crippen LogP contribution < -0.4 is 10.9 Å². The van der Waals surface area contributed by atoms with E-state index in [1.165, 1.54) is 16.8 Å². The minimum absolute atomic E-state index is 0.292. The van der Waals surface area contributed by atoms with Crippen molar-refractivity contribution in [2.45, 2.75) is 6.04 Å². The molecule has 0 saturated carbocycles. The predicted octanol–water partition coefficient (Wildman–Crippen LogP) is 2.26. The monoisotopic (exact) mass is 361 g/mol. The van der Waals surface area contributed by atoms with Gasteiger partial charge in [-0.25, -0.2) is 9.49 Å². The number of aromatic amines is 1. The summed E-state index contributed by atoms with van der Waals surface area (Å²) < 4.78 is 15.5. The fourth-order valence-electron chi connectivity index (χ4n) is 3.34. The third-order valence-corrected chi connectivity index (χ3v) is 4.48. The van der Waals surface area contributed by atoms with Crippen molar-refractivity contribution in [2.24, 2.45) is 0 Å². The summed E-state index contributed by atoms with van der Waals surface area (Å²) in [4.78, 5) is 12.5. The maximum Gasteiger partial charge on any atom is 0.288 e. The van der Waals surface area contributed by atoms with Gasteiger partial charge in [0.2, 0.25) is 5.95 Å². The van der Waals surface area contributed by atoms with E-state index in [9.17, 15) is 9.18 Å². The topological polar surface area (TPSA) is 101 Å². The number of tetrazole rings is 1. The molecule has 0 radical (unpaired) electrons. The predicted molar refractivity (Wildman–Crippen MR) is 95.0 cm³/mol. The Kier molecular flexibility index (Phi) is 3.32. The lowest BCUT2D eigenvalue weighted by Crippen LogP contribution is -2.29. The molecular formula is C18H12FN7O. The number of hydrogen-bond donors (Lipinski definition) is 2.